The van der Waals surface area contributed by atoms with Gasteiger partial charge in [-0.2, -0.15) is 0 Å². The Labute approximate surface area is 88.6 Å². The third-order valence-corrected chi connectivity index (χ3v) is 2.11. The van der Waals surface area contributed by atoms with Crippen LogP contribution in [-0.2, 0) is 0 Å². The number of rotatable bonds is 4. The minimum absolute atomic E-state index is 0.0632. The highest BCUT2D eigenvalue weighted by molar-refractivity contribution is 6.29. The van der Waals surface area contributed by atoms with E-state index in [1.54, 1.807) is 12.1 Å². The molecular weight excluding hydrogens is 201 g/mol. The Morgan fingerprint density at radius 1 is 1.57 bits per heavy atom. The maximum absolute atomic E-state index is 13.3. The molecule has 0 amide bonds. The number of benzene rings is 1. The monoisotopic (exact) mass is 213 g/mol. The molecule has 0 aliphatic rings. The van der Waals surface area contributed by atoms with E-state index in [1.807, 2.05) is 13.0 Å². The van der Waals surface area contributed by atoms with E-state index in [4.69, 9.17) is 11.6 Å². The molecule has 0 unspecified atom stereocenters. The molecule has 1 N–H and O–H groups in total. The average molecular weight is 214 g/mol. The molecule has 3 heteroatoms. The van der Waals surface area contributed by atoms with Crippen LogP contribution in [0.15, 0.2) is 35.9 Å². The van der Waals surface area contributed by atoms with Gasteiger partial charge in [0.05, 0.1) is 0 Å². The molecule has 0 fully saturated rings. The molecule has 0 spiro atoms. The lowest BCUT2D eigenvalue weighted by Crippen LogP contribution is -2.20. The van der Waals surface area contributed by atoms with Gasteiger partial charge in [0.1, 0.15) is 5.82 Å². The fourth-order valence-corrected chi connectivity index (χ4v) is 1.28. The third kappa shape index (κ3) is 3.13. The van der Waals surface area contributed by atoms with Crippen LogP contribution in [0.1, 0.15) is 18.5 Å². The summed E-state index contributed by atoms with van der Waals surface area (Å²) in [5, 5.41) is 3.59. The first-order valence-corrected chi connectivity index (χ1v) is 4.80. The maximum Gasteiger partial charge on any atom is 0.127 e. The van der Waals surface area contributed by atoms with Crippen molar-refractivity contribution in [1.82, 2.24) is 5.32 Å². The molecule has 1 atom stereocenters. The van der Waals surface area contributed by atoms with Crippen molar-refractivity contribution in [2.45, 2.75) is 13.0 Å². The Morgan fingerprint density at radius 3 is 2.79 bits per heavy atom. The molecule has 14 heavy (non-hydrogen) atoms. The van der Waals surface area contributed by atoms with Crippen molar-refractivity contribution < 1.29 is 4.39 Å². The highest BCUT2D eigenvalue weighted by Crippen LogP contribution is 2.16. The molecule has 1 aromatic carbocycles. The van der Waals surface area contributed by atoms with Crippen molar-refractivity contribution in [3.8, 4) is 0 Å². The Morgan fingerprint density at radius 2 is 2.21 bits per heavy atom. The summed E-state index contributed by atoms with van der Waals surface area (Å²) in [6.45, 7) is 5.92. The van der Waals surface area contributed by atoms with Gasteiger partial charge in [0.15, 0.2) is 0 Å². The highest BCUT2D eigenvalue weighted by atomic mass is 35.5. The van der Waals surface area contributed by atoms with Crippen LogP contribution in [0.4, 0.5) is 4.39 Å². The fourth-order valence-electron chi connectivity index (χ4n) is 1.20. The molecule has 1 aromatic rings. The van der Waals surface area contributed by atoms with E-state index < -0.39 is 0 Å². The zero-order valence-electron chi connectivity index (χ0n) is 8.06. The van der Waals surface area contributed by atoms with E-state index in [9.17, 15) is 4.39 Å². The van der Waals surface area contributed by atoms with E-state index >= 15 is 0 Å². The zero-order chi connectivity index (χ0) is 10.6. The van der Waals surface area contributed by atoms with E-state index in [0.29, 0.717) is 17.1 Å². The molecule has 0 bridgehead atoms. The topological polar surface area (TPSA) is 12.0 Å². The first-order valence-electron chi connectivity index (χ1n) is 4.42. The lowest BCUT2D eigenvalue weighted by molar-refractivity contribution is 0.548. The van der Waals surface area contributed by atoms with Gasteiger partial charge in [-0.15, -0.1) is 0 Å². The summed E-state index contributed by atoms with van der Waals surface area (Å²) < 4.78 is 13.3. The molecule has 0 saturated carbocycles. The Bertz CT molecular complexity index is 325. The van der Waals surface area contributed by atoms with Crippen molar-refractivity contribution >= 4 is 11.6 Å². The highest BCUT2D eigenvalue weighted by Gasteiger charge is 2.08. The standard InChI is InChI=1S/C11H13ClFN/c1-8(12)7-14-9(2)10-5-3-4-6-11(10)13/h3-6,9,14H,1,7H2,2H3/t9-/m1/s1. The van der Waals surface area contributed by atoms with Gasteiger partial charge in [0.2, 0.25) is 0 Å². The third-order valence-electron chi connectivity index (χ3n) is 1.97. The predicted molar refractivity (Wildman–Crippen MR) is 57.8 cm³/mol. The molecule has 1 nitrogen and oxygen atoms in total. The smallest absolute Gasteiger partial charge is 0.127 e. The quantitative estimate of drug-likeness (QED) is 0.810. The molecule has 0 radical (unpaired) electrons. The molecule has 0 aliphatic heterocycles. The summed E-state index contributed by atoms with van der Waals surface area (Å²) in [5.41, 5.74) is 0.644. The van der Waals surface area contributed by atoms with Gasteiger partial charge in [0.25, 0.3) is 0 Å². The number of hydrogen-bond acceptors (Lipinski definition) is 1. The second-order valence-corrected chi connectivity index (χ2v) is 3.68. The summed E-state index contributed by atoms with van der Waals surface area (Å²) in [7, 11) is 0. The summed E-state index contributed by atoms with van der Waals surface area (Å²) in [6, 6.07) is 6.62. The molecule has 1 rings (SSSR count). The minimum Gasteiger partial charge on any atom is -0.305 e. The SMILES string of the molecule is C=C(Cl)CN[C@H](C)c1ccccc1F. The molecule has 0 saturated heterocycles. The average Bonchev–Trinajstić information content (AvgIpc) is 2.15. The van der Waals surface area contributed by atoms with Crippen molar-refractivity contribution in [1.29, 1.82) is 0 Å². The van der Waals surface area contributed by atoms with Gasteiger partial charge < -0.3 is 5.32 Å². The van der Waals surface area contributed by atoms with Crippen LogP contribution in [0, 0.1) is 5.82 Å². The Balaban J connectivity index is 2.65. The van der Waals surface area contributed by atoms with Gasteiger partial charge in [-0.1, -0.05) is 36.4 Å². The lowest BCUT2D eigenvalue weighted by Gasteiger charge is -2.14. The minimum atomic E-state index is -0.201. The van der Waals surface area contributed by atoms with Gasteiger partial charge in [0, 0.05) is 23.2 Å². The van der Waals surface area contributed by atoms with Crippen molar-refractivity contribution in [3.63, 3.8) is 0 Å². The Hall–Kier alpha value is -0.860. The first-order chi connectivity index (χ1) is 6.61. The van der Waals surface area contributed by atoms with Crippen molar-refractivity contribution in [2.24, 2.45) is 0 Å². The zero-order valence-corrected chi connectivity index (χ0v) is 8.81. The van der Waals surface area contributed by atoms with Crippen LogP contribution in [0.25, 0.3) is 0 Å². The number of hydrogen-bond donors (Lipinski definition) is 1. The van der Waals surface area contributed by atoms with E-state index in [1.165, 1.54) is 6.07 Å². The first kappa shape index (κ1) is 11.2. The normalized spacial score (nSPS) is 12.5. The second-order valence-electron chi connectivity index (χ2n) is 3.14. The lowest BCUT2D eigenvalue weighted by atomic mass is 10.1. The van der Waals surface area contributed by atoms with Gasteiger partial charge in [-0.3, -0.25) is 0 Å². The van der Waals surface area contributed by atoms with Crippen molar-refractivity contribution in [2.75, 3.05) is 6.54 Å². The number of nitrogens with one attached hydrogen (secondary N) is 1. The van der Waals surface area contributed by atoms with Crippen LogP contribution in [-0.4, -0.2) is 6.54 Å². The van der Waals surface area contributed by atoms with Gasteiger partial charge >= 0.3 is 0 Å². The molecule has 76 valence electrons. The fraction of sp³-hybridized carbons (Fsp3) is 0.273. The van der Waals surface area contributed by atoms with Crippen LogP contribution in [0.5, 0.6) is 0 Å². The summed E-state index contributed by atoms with van der Waals surface area (Å²) >= 11 is 5.60. The molecule has 0 heterocycles. The number of halogens is 2. The van der Waals surface area contributed by atoms with Gasteiger partial charge in [-0.05, 0) is 13.0 Å². The maximum atomic E-state index is 13.3. The Kier molecular flexibility index (Phi) is 4.11. The molecular formula is C11H13ClFN. The van der Waals surface area contributed by atoms with Crippen LogP contribution < -0.4 is 5.32 Å². The molecule has 0 aromatic heterocycles. The van der Waals surface area contributed by atoms with Gasteiger partial charge in [-0.25, -0.2) is 4.39 Å². The van der Waals surface area contributed by atoms with E-state index in [-0.39, 0.29) is 11.9 Å². The van der Waals surface area contributed by atoms with Crippen molar-refractivity contribution in [3.05, 3.63) is 47.3 Å². The largest absolute Gasteiger partial charge is 0.305 e. The van der Waals surface area contributed by atoms with E-state index in [2.05, 4.69) is 11.9 Å². The van der Waals surface area contributed by atoms with E-state index in [0.717, 1.165) is 0 Å². The molecule has 0 aliphatic carbocycles. The van der Waals surface area contributed by atoms with Crippen LogP contribution in [0.3, 0.4) is 0 Å². The summed E-state index contributed by atoms with van der Waals surface area (Å²) in [6.07, 6.45) is 0. The van der Waals surface area contributed by atoms with Crippen LogP contribution >= 0.6 is 11.6 Å². The predicted octanol–water partition coefficient (Wildman–Crippen LogP) is 3.23. The summed E-state index contributed by atoms with van der Waals surface area (Å²) in [4.78, 5) is 0. The second kappa shape index (κ2) is 5.13. The summed E-state index contributed by atoms with van der Waals surface area (Å²) in [5.74, 6) is -0.201. The van der Waals surface area contributed by atoms with Crippen LogP contribution in [0.2, 0.25) is 0 Å².